The first-order valence-electron chi connectivity index (χ1n) is 5.15. The number of hydrogen-bond donors (Lipinski definition) is 1. The van der Waals surface area contributed by atoms with E-state index in [2.05, 4.69) is 0 Å². The van der Waals surface area contributed by atoms with Gasteiger partial charge in [-0.2, -0.15) is 0 Å². The smallest absolute Gasteiger partial charge is 0.779 e. The van der Waals surface area contributed by atoms with Gasteiger partial charge in [-0.25, -0.2) is 0 Å². The number of nitrogens with zero attached hydrogens (tertiary/aromatic N) is 1. The van der Waals surface area contributed by atoms with Crippen molar-refractivity contribution in [3.63, 3.8) is 0 Å². The molecule has 1 aliphatic rings. The van der Waals surface area contributed by atoms with Crippen LogP contribution in [0.1, 0.15) is 32.1 Å². The fourth-order valence-electron chi connectivity index (χ4n) is 1.58. The predicted octanol–water partition coefficient (Wildman–Crippen LogP) is -2.13. The van der Waals surface area contributed by atoms with Crippen molar-refractivity contribution in [3.05, 3.63) is 0 Å². The second kappa shape index (κ2) is 8.82. The summed E-state index contributed by atoms with van der Waals surface area (Å²) in [7, 11) is 0. The van der Waals surface area contributed by atoms with E-state index in [-0.39, 0.29) is 69.6 Å². The Balaban J connectivity index is 0.00000225. The monoisotopic (exact) mass is 266 g/mol. The number of carbonyl (C=O) groups excluding carboxylic acids is 2. The number of hydrogen-bond acceptors (Lipinski definition) is 4. The average molecular weight is 266 g/mol. The molecule has 0 radical (unpaired) electrons. The van der Waals surface area contributed by atoms with Crippen LogP contribution in [0, 0.1) is 5.41 Å². The summed E-state index contributed by atoms with van der Waals surface area (Å²) in [5, 5.41) is 6.30. The molecule has 1 atom stereocenters. The molecule has 84 valence electrons. The van der Waals surface area contributed by atoms with Crippen molar-refractivity contribution in [2.24, 2.45) is 0 Å². The van der Waals surface area contributed by atoms with Crippen LogP contribution < -0.4 is 51.4 Å². The fraction of sp³-hybridized carbons (Fsp3) is 0.700. The summed E-state index contributed by atoms with van der Waals surface area (Å²) in [6.45, 7) is 0.489. The second-order valence-corrected chi connectivity index (χ2v) is 4.20. The molecule has 0 aromatic rings. The van der Waals surface area contributed by atoms with E-state index < -0.39 is 5.25 Å². The van der Waals surface area contributed by atoms with Gasteiger partial charge in [0.1, 0.15) is 0 Å². The van der Waals surface area contributed by atoms with Crippen LogP contribution in [0.15, 0.2) is 0 Å². The first-order valence-corrected chi connectivity index (χ1v) is 5.63. The summed E-state index contributed by atoms with van der Waals surface area (Å²) in [6.07, 6.45) is 5.03. The van der Waals surface area contributed by atoms with Gasteiger partial charge in [0.2, 0.25) is 11.8 Å². The van der Waals surface area contributed by atoms with Gasteiger partial charge in [0, 0.05) is 13.0 Å². The van der Waals surface area contributed by atoms with E-state index >= 15 is 0 Å². The molecule has 1 N–H and O–H groups in total. The third-order valence-corrected chi connectivity index (χ3v) is 2.80. The van der Waals surface area contributed by atoms with Crippen LogP contribution in [0.3, 0.4) is 0 Å². The third kappa shape index (κ3) is 4.97. The first kappa shape index (κ1) is 16.8. The van der Waals surface area contributed by atoms with E-state index in [9.17, 15) is 9.59 Å². The number of rotatable bonds is 6. The molecule has 16 heavy (non-hydrogen) atoms. The van der Waals surface area contributed by atoms with Crippen molar-refractivity contribution in [1.82, 2.24) is 4.90 Å². The molecule has 1 aliphatic heterocycles. The molecule has 1 heterocycles. The number of likely N-dealkylation sites (tertiary alicyclic amines) is 1. The average Bonchev–Trinajstić information content (AvgIpc) is 2.44. The Morgan fingerprint density at radius 2 is 2.06 bits per heavy atom. The molecule has 0 bridgehead atoms. The molecule has 6 heteroatoms. The van der Waals surface area contributed by atoms with E-state index in [1.165, 1.54) is 11.1 Å². The van der Waals surface area contributed by atoms with Gasteiger partial charge in [-0.05, 0) is 25.5 Å². The summed E-state index contributed by atoms with van der Waals surface area (Å²) in [4.78, 5) is 24.0. The number of unbranched alkanes of at least 4 members (excludes halogenated alkanes) is 3. The van der Waals surface area contributed by atoms with E-state index in [1.54, 1.807) is 0 Å². The van der Waals surface area contributed by atoms with Gasteiger partial charge in [0.05, 0.1) is 0 Å². The van der Waals surface area contributed by atoms with Crippen molar-refractivity contribution in [3.8, 4) is 0 Å². The number of amides is 2. The SMILES string of the molecule is N=CCCCCCN1C(=O)CC([S-])C1=O.[K+]. The quantitative estimate of drug-likeness (QED) is 0.196. The molecule has 1 rings (SSSR count). The van der Waals surface area contributed by atoms with Gasteiger partial charge in [-0.15, -0.1) is 0 Å². The minimum atomic E-state index is -0.543. The molecular weight excluding hydrogens is 251 g/mol. The molecule has 4 nitrogen and oxygen atoms in total. The zero-order valence-electron chi connectivity index (χ0n) is 9.57. The van der Waals surface area contributed by atoms with Crippen LogP contribution in [-0.4, -0.2) is 34.7 Å². The van der Waals surface area contributed by atoms with Gasteiger partial charge < -0.3 is 18.0 Å². The molecule has 0 aliphatic carbocycles. The van der Waals surface area contributed by atoms with Crippen molar-refractivity contribution >= 4 is 30.7 Å². The molecule has 0 saturated carbocycles. The van der Waals surface area contributed by atoms with E-state index in [1.807, 2.05) is 0 Å². The summed E-state index contributed by atoms with van der Waals surface area (Å²) < 4.78 is 0. The van der Waals surface area contributed by atoms with Gasteiger partial charge in [0.15, 0.2) is 0 Å². The Labute approximate surface area is 144 Å². The molecule has 0 aromatic carbocycles. The Bertz CT molecular complexity index is 274. The molecular formula is C10H15KN2O2S. The van der Waals surface area contributed by atoms with Gasteiger partial charge >= 0.3 is 51.4 Å². The van der Waals surface area contributed by atoms with Crippen LogP contribution >= 0.6 is 0 Å². The van der Waals surface area contributed by atoms with E-state index in [0.29, 0.717) is 6.54 Å². The van der Waals surface area contributed by atoms with Gasteiger partial charge in [0.25, 0.3) is 0 Å². The number of imide groups is 1. The fourth-order valence-corrected chi connectivity index (χ4v) is 1.85. The maximum atomic E-state index is 11.4. The largest absolute Gasteiger partial charge is 1.00 e. The summed E-state index contributed by atoms with van der Waals surface area (Å²) in [6, 6.07) is 0. The standard InChI is InChI=1S/C10H16N2O2S.K/c11-5-3-1-2-4-6-12-9(13)7-8(15)10(12)14;/h5,8,11,15H,1-4,6-7H2;/q;+1/p-1. The zero-order chi connectivity index (χ0) is 11.3. The summed E-state index contributed by atoms with van der Waals surface area (Å²) >= 11 is 4.86. The summed E-state index contributed by atoms with van der Waals surface area (Å²) in [5.74, 6) is -0.339. The van der Waals surface area contributed by atoms with Crippen molar-refractivity contribution in [2.45, 2.75) is 37.4 Å². The van der Waals surface area contributed by atoms with E-state index in [0.717, 1.165) is 25.7 Å². The molecule has 1 saturated heterocycles. The van der Waals surface area contributed by atoms with Crippen LogP contribution in [-0.2, 0) is 22.2 Å². The molecule has 0 spiro atoms. The molecule has 1 unspecified atom stereocenters. The maximum absolute atomic E-state index is 11.4. The third-order valence-electron chi connectivity index (χ3n) is 2.43. The topological polar surface area (TPSA) is 61.2 Å². The van der Waals surface area contributed by atoms with Crippen molar-refractivity contribution in [2.75, 3.05) is 6.54 Å². The predicted molar refractivity (Wildman–Crippen MR) is 59.7 cm³/mol. The van der Waals surface area contributed by atoms with Crippen LogP contribution in [0.25, 0.3) is 0 Å². The Morgan fingerprint density at radius 3 is 2.56 bits per heavy atom. The van der Waals surface area contributed by atoms with E-state index in [4.69, 9.17) is 18.0 Å². The Kier molecular flexibility index (Phi) is 9.26. The van der Waals surface area contributed by atoms with Gasteiger partial charge in [-0.1, -0.05) is 11.7 Å². The minimum absolute atomic E-state index is 0. The molecule has 0 aromatic heterocycles. The van der Waals surface area contributed by atoms with Crippen LogP contribution in [0.2, 0.25) is 0 Å². The maximum Gasteiger partial charge on any atom is 1.00 e. The van der Waals surface area contributed by atoms with Gasteiger partial charge in [-0.3, -0.25) is 14.5 Å². The number of nitrogens with one attached hydrogen (secondary N) is 1. The van der Waals surface area contributed by atoms with Crippen LogP contribution in [0.5, 0.6) is 0 Å². The number of carbonyl (C=O) groups is 2. The molecule has 1 fully saturated rings. The Hall–Kier alpha value is 0.796. The Morgan fingerprint density at radius 1 is 1.38 bits per heavy atom. The molecule has 2 amide bonds. The minimum Gasteiger partial charge on any atom is -0.779 e. The second-order valence-electron chi connectivity index (χ2n) is 3.63. The first-order chi connectivity index (χ1) is 7.16. The normalized spacial score (nSPS) is 19.8. The van der Waals surface area contributed by atoms with Crippen molar-refractivity contribution < 1.29 is 61.0 Å². The van der Waals surface area contributed by atoms with Crippen LogP contribution in [0.4, 0.5) is 0 Å². The van der Waals surface area contributed by atoms with Crippen molar-refractivity contribution in [1.29, 1.82) is 5.41 Å². The summed E-state index contributed by atoms with van der Waals surface area (Å²) in [5.41, 5.74) is 0. The zero-order valence-corrected chi connectivity index (χ0v) is 13.5.